The predicted molar refractivity (Wildman–Crippen MR) is 94.5 cm³/mol. The molecule has 1 unspecified atom stereocenters. The monoisotopic (exact) mass is 346 g/mol. The number of furan rings is 1. The second-order valence-electron chi connectivity index (χ2n) is 5.61. The van der Waals surface area contributed by atoms with Gasteiger partial charge >= 0.3 is 0 Å². The van der Waals surface area contributed by atoms with Gasteiger partial charge in [0.05, 0.1) is 19.1 Å². The Kier molecular flexibility index (Phi) is 5.11. The summed E-state index contributed by atoms with van der Waals surface area (Å²) >= 11 is 6.09. The van der Waals surface area contributed by atoms with E-state index in [0.29, 0.717) is 10.8 Å². The van der Waals surface area contributed by atoms with Crippen LogP contribution in [0.5, 0.6) is 5.75 Å². The highest BCUT2D eigenvalue weighted by atomic mass is 35.5. The van der Waals surface area contributed by atoms with Crippen LogP contribution in [0, 0.1) is 0 Å². The minimum Gasteiger partial charge on any atom is -0.495 e. The minimum absolute atomic E-state index is 0.0856. The molecule has 0 aliphatic carbocycles. The van der Waals surface area contributed by atoms with Crippen molar-refractivity contribution in [3.63, 3.8) is 0 Å². The SMILES string of the molecule is COc1ccc(Cl)cc1N1CCC(NC(=O)C=Cc2ccco2)C1. The van der Waals surface area contributed by atoms with E-state index in [1.54, 1.807) is 37.6 Å². The first-order chi connectivity index (χ1) is 11.7. The van der Waals surface area contributed by atoms with Crippen LogP contribution in [-0.2, 0) is 4.79 Å². The van der Waals surface area contributed by atoms with E-state index < -0.39 is 0 Å². The van der Waals surface area contributed by atoms with Crippen molar-refractivity contribution in [3.05, 3.63) is 53.5 Å². The Morgan fingerprint density at radius 1 is 1.46 bits per heavy atom. The van der Waals surface area contributed by atoms with E-state index in [2.05, 4.69) is 10.2 Å². The van der Waals surface area contributed by atoms with Gasteiger partial charge in [-0.2, -0.15) is 0 Å². The fourth-order valence-electron chi connectivity index (χ4n) is 2.80. The third kappa shape index (κ3) is 3.92. The van der Waals surface area contributed by atoms with E-state index in [1.807, 2.05) is 12.1 Å². The number of halogens is 1. The zero-order chi connectivity index (χ0) is 16.9. The Balaban J connectivity index is 1.59. The minimum atomic E-state index is -0.128. The van der Waals surface area contributed by atoms with Gasteiger partial charge in [0, 0.05) is 30.2 Å². The van der Waals surface area contributed by atoms with Crippen molar-refractivity contribution in [2.45, 2.75) is 12.5 Å². The largest absolute Gasteiger partial charge is 0.495 e. The summed E-state index contributed by atoms with van der Waals surface area (Å²) in [6.45, 7) is 1.56. The fraction of sp³-hybridized carbons (Fsp3) is 0.278. The van der Waals surface area contributed by atoms with E-state index >= 15 is 0 Å². The average Bonchev–Trinajstić information content (AvgIpc) is 3.24. The molecule has 0 bridgehead atoms. The van der Waals surface area contributed by atoms with Crippen LogP contribution in [0.1, 0.15) is 12.2 Å². The molecule has 1 saturated heterocycles. The number of amides is 1. The molecule has 1 aliphatic heterocycles. The summed E-state index contributed by atoms with van der Waals surface area (Å²) in [5, 5.41) is 3.68. The number of anilines is 1. The molecule has 3 rings (SSSR count). The van der Waals surface area contributed by atoms with Crippen molar-refractivity contribution in [3.8, 4) is 5.75 Å². The van der Waals surface area contributed by atoms with Crippen LogP contribution in [-0.4, -0.2) is 32.1 Å². The van der Waals surface area contributed by atoms with Gasteiger partial charge in [0.2, 0.25) is 5.91 Å². The summed E-state index contributed by atoms with van der Waals surface area (Å²) < 4.78 is 10.6. The van der Waals surface area contributed by atoms with Crippen LogP contribution in [0.15, 0.2) is 47.1 Å². The molecule has 1 N–H and O–H groups in total. The van der Waals surface area contributed by atoms with Crippen molar-refractivity contribution in [1.82, 2.24) is 5.32 Å². The van der Waals surface area contributed by atoms with Crippen LogP contribution < -0.4 is 15.0 Å². The molecule has 2 heterocycles. The molecule has 2 aromatic rings. The van der Waals surface area contributed by atoms with E-state index in [0.717, 1.165) is 30.9 Å². The first-order valence-electron chi connectivity index (χ1n) is 7.76. The number of nitrogens with zero attached hydrogens (tertiary/aromatic N) is 1. The molecule has 5 nitrogen and oxygen atoms in total. The van der Waals surface area contributed by atoms with Gasteiger partial charge in [-0.05, 0) is 42.8 Å². The summed E-state index contributed by atoms with van der Waals surface area (Å²) in [7, 11) is 1.64. The maximum atomic E-state index is 12.0. The number of rotatable bonds is 5. The van der Waals surface area contributed by atoms with Gasteiger partial charge in [0.1, 0.15) is 11.5 Å². The summed E-state index contributed by atoms with van der Waals surface area (Å²) in [5.74, 6) is 1.31. The van der Waals surface area contributed by atoms with Gasteiger partial charge in [-0.15, -0.1) is 0 Å². The number of hydrogen-bond acceptors (Lipinski definition) is 4. The number of benzene rings is 1. The van der Waals surface area contributed by atoms with Crippen LogP contribution in [0.25, 0.3) is 6.08 Å². The highest BCUT2D eigenvalue weighted by Gasteiger charge is 2.25. The van der Waals surface area contributed by atoms with Crippen LogP contribution in [0.4, 0.5) is 5.69 Å². The normalized spacial score (nSPS) is 17.4. The fourth-order valence-corrected chi connectivity index (χ4v) is 2.97. The van der Waals surface area contributed by atoms with Crippen molar-refractivity contribution < 1.29 is 13.9 Å². The molecule has 1 fully saturated rings. The van der Waals surface area contributed by atoms with Crippen LogP contribution >= 0.6 is 11.6 Å². The number of hydrogen-bond donors (Lipinski definition) is 1. The third-order valence-electron chi connectivity index (χ3n) is 3.96. The number of ether oxygens (including phenoxy) is 1. The van der Waals surface area contributed by atoms with E-state index in [1.165, 1.54) is 6.08 Å². The first kappa shape index (κ1) is 16.5. The molecule has 24 heavy (non-hydrogen) atoms. The number of methoxy groups -OCH3 is 1. The number of nitrogens with one attached hydrogen (secondary N) is 1. The van der Waals surface area contributed by atoms with Crippen molar-refractivity contribution in [2.75, 3.05) is 25.1 Å². The van der Waals surface area contributed by atoms with E-state index in [9.17, 15) is 4.79 Å². The lowest BCUT2D eigenvalue weighted by atomic mass is 10.2. The zero-order valence-electron chi connectivity index (χ0n) is 13.4. The van der Waals surface area contributed by atoms with Gasteiger partial charge in [-0.3, -0.25) is 4.79 Å². The third-order valence-corrected chi connectivity index (χ3v) is 4.19. The Morgan fingerprint density at radius 3 is 3.08 bits per heavy atom. The van der Waals surface area contributed by atoms with Crippen molar-refractivity contribution in [1.29, 1.82) is 0 Å². The molecule has 1 atom stereocenters. The second-order valence-corrected chi connectivity index (χ2v) is 6.04. The van der Waals surface area contributed by atoms with Crippen molar-refractivity contribution >= 4 is 29.3 Å². The zero-order valence-corrected chi connectivity index (χ0v) is 14.1. The summed E-state index contributed by atoms with van der Waals surface area (Å²) in [4.78, 5) is 14.2. The molecule has 1 aliphatic rings. The highest BCUT2D eigenvalue weighted by Crippen LogP contribution is 2.33. The van der Waals surface area contributed by atoms with Gasteiger partial charge in [-0.1, -0.05) is 11.6 Å². The van der Waals surface area contributed by atoms with Gasteiger partial charge in [-0.25, -0.2) is 0 Å². The first-order valence-corrected chi connectivity index (χ1v) is 8.14. The van der Waals surface area contributed by atoms with Gasteiger partial charge in [0.15, 0.2) is 0 Å². The van der Waals surface area contributed by atoms with E-state index in [4.69, 9.17) is 20.8 Å². The Bertz CT molecular complexity index is 728. The maximum absolute atomic E-state index is 12.0. The molecule has 0 saturated carbocycles. The van der Waals surface area contributed by atoms with Crippen molar-refractivity contribution in [2.24, 2.45) is 0 Å². The van der Waals surface area contributed by atoms with E-state index in [-0.39, 0.29) is 11.9 Å². The molecule has 126 valence electrons. The number of carbonyl (C=O) groups is 1. The second kappa shape index (κ2) is 7.45. The summed E-state index contributed by atoms with van der Waals surface area (Å²) in [5.41, 5.74) is 0.952. The maximum Gasteiger partial charge on any atom is 0.244 e. The van der Waals surface area contributed by atoms with Gasteiger partial charge < -0.3 is 19.4 Å². The lowest BCUT2D eigenvalue weighted by Crippen LogP contribution is -2.36. The highest BCUT2D eigenvalue weighted by molar-refractivity contribution is 6.30. The smallest absolute Gasteiger partial charge is 0.244 e. The Labute approximate surface area is 145 Å². The Hall–Kier alpha value is -2.40. The summed E-state index contributed by atoms with van der Waals surface area (Å²) in [6.07, 6.45) is 5.59. The Morgan fingerprint density at radius 2 is 2.33 bits per heavy atom. The molecular formula is C18H19ClN2O3. The quantitative estimate of drug-likeness (QED) is 0.843. The molecule has 6 heteroatoms. The standard InChI is InChI=1S/C18H19ClN2O3/c1-23-17-6-4-13(19)11-16(17)21-9-8-14(12-21)20-18(22)7-5-15-3-2-10-24-15/h2-7,10-11,14H,8-9,12H2,1H3,(H,20,22). The predicted octanol–water partition coefficient (Wildman–Crippen LogP) is 3.35. The molecule has 1 amide bonds. The average molecular weight is 347 g/mol. The van der Waals surface area contributed by atoms with Crippen LogP contribution in [0.2, 0.25) is 5.02 Å². The number of carbonyl (C=O) groups excluding carboxylic acids is 1. The van der Waals surface area contributed by atoms with Gasteiger partial charge in [0.25, 0.3) is 0 Å². The summed E-state index contributed by atoms with van der Waals surface area (Å²) in [6, 6.07) is 9.22. The molecule has 0 spiro atoms. The molecular weight excluding hydrogens is 328 g/mol. The molecule has 0 radical (unpaired) electrons. The van der Waals surface area contributed by atoms with Crippen LogP contribution in [0.3, 0.4) is 0 Å². The lowest BCUT2D eigenvalue weighted by molar-refractivity contribution is -0.117. The topological polar surface area (TPSA) is 54.7 Å². The lowest BCUT2D eigenvalue weighted by Gasteiger charge is -2.21. The molecule has 1 aromatic heterocycles. The molecule has 1 aromatic carbocycles.